The van der Waals surface area contributed by atoms with E-state index in [-0.39, 0.29) is 19.8 Å². The van der Waals surface area contributed by atoms with Crippen LogP contribution in [0.25, 0.3) is 0 Å². The zero-order valence-electron chi connectivity index (χ0n) is 10.4. The van der Waals surface area contributed by atoms with Crippen molar-refractivity contribution in [3.63, 3.8) is 0 Å². The Hall–Kier alpha value is -1.48. The van der Waals surface area contributed by atoms with Crippen LogP contribution in [0.15, 0.2) is 15.8 Å². The monoisotopic (exact) mass is 272 g/mol. The Balaban J connectivity index is 2.13. The smallest absolute Gasteiger partial charge is 0.328 e. The molecular weight excluding hydrogens is 256 g/mol. The largest absolute Gasteiger partial charge is 0.394 e. The van der Waals surface area contributed by atoms with Crippen LogP contribution < -0.4 is 11.2 Å². The Kier molecular flexibility index (Phi) is 4.15. The molecule has 1 aliphatic rings. The number of nitrogens with one attached hydrogen (secondary N) is 1. The lowest BCUT2D eigenvalue weighted by Gasteiger charge is -2.12. The molecule has 2 atom stereocenters. The molecule has 1 saturated heterocycles. The molecule has 0 bridgehead atoms. The quantitative estimate of drug-likeness (QED) is 0.581. The predicted octanol–water partition coefficient (Wildman–Crippen LogP) is -2.06. The zero-order valence-corrected chi connectivity index (χ0v) is 10.4. The number of aromatic amines is 1. The van der Waals surface area contributed by atoms with E-state index in [1.54, 1.807) is 6.92 Å². The van der Waals surface area contributed by atoms with Gasteiger partial charge in [-0.1, -0.05) is 0 Å². The molecule has 2 rings (SSSR count). The van der Waals surface area contributed by atoms with E-state index in [0.717, 1.165) is 0 Å². The SMILES string of the molecule is Cc1cn(CC2OC(CO)C(CO)O2)c(=O)[nH]c1=O. The molecule has 0 radical (unpaired) electrons. The Morgan fingerprint density at radius 1 is 1.26 bits per heavy atom. The molecule has 0 saturated carbocycles. The number of aryl methyl sites for hydroxylation is 1. The minimum Gasteiger partial charge on any atom is -0.394 e. The van der Waals surface area contributed by atoms with Gasteiger partial charge in [-0.3, -0.25) is 14.3 Å². The number of nitrogens with zero attached hydrogens (tertiary/aromatic N) is 1. The summed E-state index contributed by atoms with van der Waals surface area (Å²) in [5.41, 5.74) is -0.596. The molecular formula is C11H16N2O6. The lowest BCUT2D eigenvalue weighted by Crippen LogP contribution is -2.34. The number of hydrogen-bond donors (Lipinski definition) is 3. The molecule has 2 unspecified atom stereocenters. The molecule has 1 aliphatic heterocycles. The average Bonchev–Trinajstić information content (AvgIpc) is 2.78. The summed E-state index contributed by atoms with van der Waals surface area (Å²) < 4.78 is 12.0. The number of rotatable bonds is 4. The fraction of sp³-hybridized carbons (Fsp3) is 0.636. The number of aliphatic hydroxyl groups is 2. The van der Waals surface area contributed by atoms with Crippen molar-refractivity contribution in [2.45, 2.75) is 32.0 Å². The molecule has 1 aromatic rings. The summed E-state index contributed by atoms with van der Waals surface area (Å²) in [4.78, 5) is 25.0. The summed E-state index contributed by atoms with van der Waals surface area (Å²) >= 11 is 0. The Morgan fingerprint density at radius 2 is 1.84 bits per heavy atom. The fourth-order valence-corrected chi connectivity index (χ4v) is 1.92. The molecule has 0 spiro atoms. The van der Waals surface area contributed by atoms with Crippen molar-refractivity contribution in [3.05, 3.63) is 32.6 Å². The van der Waals surface area contributed by atoms with Crippen molar-refractivity contribution < 1.29 is 19.7 Å². The van der Waals surface area contributed by atoms with E-state index >= 15 is 0 Å². The Labute approximate surface area is 108 Å². The lowest BCUT2D eigenvalue weighted by atomic mass is 10.2. The molecule has 8 heteroatoms. The van der Waals surface area contributed by atoms with Gasteiger partial charge in [0.15, 0.2) is 6.29 Å². The maximum absolute atomic E-state index is 11.6. The van der Waals surface area contributed by atoms with Crippen molar-refractivity contribution in [1.29, 1.82) is 0 Å². The van der Waals surface area contributed by atoms with Crippen LogP contribution in [0.5, 0.6) is 0 Å². The van der Waals surface area contributed by atoms with Crippen molar-refractivity contribution in [2.75, 3.05) is 13.2 Å². The molecule has 0 aliphatic carbocycles. The van der Waals surface area contributed by atoms with Crippen LogP contribution in [-0.2, 0) is 16.0 Å². The van der Waals surface area contributed by atoms with Gasteiger partial charge in [0.05, 0.1) is 19.8 Å². The van der Waals surface area contributed by atoms with Gasteiger partial charge in [0.1, 0.15) is 12.2 Å². The van der Waals surface area contributed by atoms with Crippen LogP contribution in [-0.4, -0.2) is 51.5 Å². The van der Waals surface area contributed by atoms with Crippen LogP contribution in [0.4, 0.5) is 0 Å². The van der Waals surface area contributed by atoms with Crippen LogP contribution >= 0.6 is 0 Å². The van der Waals surface area contributed by atoms with Crippen molar-refractivity contribution >= 4 is 0 Å². The number of aromatic nitrogens is 2. The molecule has 3 N–H and O–H groups in total. The molecule has 0 amide bonds. The van der Waals surface area contributed by atoms with Gasteiger partial charge >= 0.3 is 5.69 Å². The van der Waals surface area contributed by atoms with Crippen LogP contribution in [0, 0.1) is 6.92 Å². The molecule has 19 heavy (non-hydrogen) atoms. The van der Waals surface area contributed by atoms with Gasteiger partial charge in [-0.25, -0.2) is 4.79 Å². The van der Waals surface area contributed by atoms with Gasteiger partial charge in [-0.05, 0) is 6.92 Å². The van der Waals surface area contributed by atoms with Crippen molar-refractivity contribution in [2.24, 2.45) is 0 Å². The molecule has 8 nitrogen and oxygen atoms in total. The van der Waals surface area contributed by atoms with E-state index in [2.05, 4.69) is 4.98 Å². The summed E-state index contributed by atoms with van der Waals surface area (Å²) in [6.45, 7) is 1.10. The van der Waals surface area contributed by atoms with Gasteiger partial charge in [-0.2, -0.15) is 0 Å². The fourth-order valence-electron chi connectivity index (χ4n) is 1.92. The number of hydrogen-bond acceptors (Lipinski definition) is 6. The second kappa shape index (κ2) is 5.66. The number of aliphatic hydroxyl groups excluding tert-OH is 2. The highest BCUT2D eigenvalue weighted by atomic mass is 16.7. The third-order valence-corrected chi connectivity index (χ3v) is 2.96. The summed E-state index contributed by atoms with van der Waals surface area (Å²) in [5.74, 6) is 0. The summed E-state index contributed by atoms with van der Waals surface area (Å²) in [6.07, 6.45) is -0.574. The van der Waals surface area contributed by atoms with E-state index < -0.39 is 29.7 Å². The standard InChI is InChI=1S/C11H16N2O6/c1-6-2-13(11(17)12-10(6)16)3-9-18-7(4-14)8(5-15)19-9/h2,7-9,14-15H,3-5H2,1H3,(H,12,16,17). The summed E-state index contributed by atoms with van der Waals surface area (Å²) in [5, 5.41) is 18.1. The second-order valence-corrected chi connectivity index (χ2v) is 4.37. The first-order valence-electron chi connectivity index (χ1n) is 5.88. The van der Waals surface area contributed by atoms with Gasteiger partial charge in [-0.15, -0.1) is 0 Å². The normalized spacial score (nSPS) is 26.8. The maximum Gasteiger partial charge on any atom is 0.328 e. The van der Waals surface area contributed by atoms with E-state index in [0.29, 0.717) is 5.56 Å². The Morgan fingerprint density at radius 3 is 2.37 bits per heavy atom. The van der Waals surface area contributed by atoms with Crippen LogP contribution in [0.1, 0.15) is 5.56 Å². The second-order valence-electron chi connectivity index (χ2n) is 4.37. The highest BCUT2D eigenvalue weighted by molar-refractivity contribution is 5.00. The number of H-pyrrole nitrogens is 1. The third-order valence-electron chi connectivity index (χ3n) is 2.96. The van der Waals surface area contributed by atoms with Gasteiger partial charge in [0.2, 0.25) is 0 Å². The van der Waals surface area contributed by atoms with Gasteiger partial charge < -0.3 is 19.7 Å². The lowest BCUT2D eigenvalue weighted by molar-refractivity contribution is -0.0839. The highest BCUT2D eigenvalue weighted by Gasteiger charge is 2.35. The molecule has 1 fully saturated rings. The summed E-state index contributed by atoms with van der Waals surface area (Å²) in [6, 6.07) is 0. The number of ether oxygens (including phenoxy) is 2. The minimum absolute atomic E-state index is 0.0729. The maximum atomic E-state index is 11.6. The van der Waals surface area contributed by atoms with E-state index in [1.807, 2.05) is 0 Å². The van der Waals surface area contributed by atoms with E-state index in [1.165, 1.54) is 10.8 Å². The molecule has 1 aromatic heterocycles. The zero-order chi connectivity index (χ0) is 14.0. The van der Waals surface area contributed by atoms with Crippen LogP contribution in [0.3, 0.4) is 0 Å². The molecule has 0 aromatic carbocycles. The summed E-state index contributed by atoms with van der Waals surface area (Å²) in [7, 11) is 0. The predicted molar refractivity (Wildman–Crippen MR) is 63.8 cm³/mol. The van der Waals surface area contributed by atoms with Crippen molar-refractivity contribution in [3.8, 4) is 0 Å². The van der Waals surface area contributed by atoms with Crippen molar-refractivity contribution in [1.82, 2.24) is 9.55 Å². The minimum atomic E-state index is -0.752. The van der Waals surface area contributed by atoms with Gasteiger partial charge in [0, 0.05) is 11.8 Å². The highest BCUT2D eigenvalue weighted by Crippen LogP contribution is 2.19. The topological polar surface area (TPSA) is 114 Å². The molecule has 106 valence electrons. The Bertz CT molecular complexity index is 539. The van der Waals surface area contributed by atoms with E-state index in [9.17, 15) is 9.59 Å². The molecule has 2 heterocycles. The first-order chi connectivity index (χ1) is 9.05. The van der Waals surface area contributed by atoms with Gasteiger partial charge in [0.25, 0.3) is 5.56 Å². The van der Waals surface area contributed by atoms with E-state index in [4.69, 9.17) is 19.7 Å². The first-order valence-corrected chi connectivity index (χ1v) is 5.88. The third kappa shape index (κ3) is 2.92. The first kappa shape index (κ1) is 13.9. The average molecular weight is 272 g/mol. The van der Waals surface area contributed by atoms with Crippen LogP contribution in [0.2, 0.25) is 0 Å².